The van der Waals surface area contributed by atoms with E-state index in [2.05, 4.69) is 89.5 Å². The zero-order valence-corrected chi connectivity index (χ0v) is 28.7. The zero-order chi connectivity index (χ0) is 35.3. The van der Waals surface area contributed by atoms with Gasteiger partial charge in [0.25, 0.3) is 0 Å². The summed E-state index contributed by atoms with van der Waals surface area (Å²) < 4.78 is 8.95. The summed E-state index contributed by atoms with van der Waals surface area (Å²) in [5.41, 5.74) is 10.0. The Kier molecular flexibility index (Phi) is 7.39. The number of hydrogen-bond acceptors (Lipinski definition) is 5. The first kappa shape index (κ1) is 30.9. The average molecular weight is 684 g/mol. The predicted octanol–water partition coefficient (Wildman–Crippen LogP) is 10.2. The molecule has 0 radical (unpaired) electrons. The Morgan fingerprint density at radius 2 is 1.25 bits per heavy atom. The Balaban J connectivity index is 1.12. The molecule has 1 aliphatic heterocycles. The summed E-state index contributed by atoms with van der Waals surface area (Å²) >= 11 is 0. The molecule has 0 saturated carbocycles. The van der Waals surface area contributed by atoms with Crippen molar-refractivity contribution in [1.29, 1.82) is 0 Å². The number of imidazole rings is 1. The van der Waals surface area contributed by atoms with Crippen LogP contribution >= 0.6 is 0 Å². The van der Waals surface area contributed by atoms with Crippen LogP contribution in [-0.4, -0.2) is 30.6 Å². The minimum atomic E-state index is -0.258. The van der Waals surface area contributed by atoms with Crippen LogP contribution in [-0.2, 0) is 0 Å². The summed E-state index contributed by atoms with van der Waals surface area (Å²) in [5, 5.41) is 0. The van der Waals surface area contributed by atoms with Gasteiger partial charge in [0.2, 0.25) is 0 Å². The molecule has 252 valence electrons. The van der Waals surface area contributed by atoms with Gasteiger partial charge >= 0.3 is 0 Å². The lowest BCUT2D eigenvalue weighted by atomic mass is 9.77. The van der Waals surface area contributed by atoms with Crippen LogP contribution < -0.4 is 4.74 Å². The molecule has 0 fully saturated rings. The summed E-state index contributed by atoms with van der Waals surface area (Å²) in [6, 6.07) is 47.2. The Bertz CT molecular complexity index is 2610. The minimum absolute atomic E-state index is 0.101. The van der Waals surface area contributed by atoms with Crippen molar-refractivity contribution in [2.45, 2.75) is 17.9 Å². The molecule has 10 rings (SSSR count). The first-order valence-electron chi connectivity index (χ1n) is 17.9. The second-order valence-electron chi connectivity index (χ2n) is 13.5. The zero-order valence-electron chi connectivity index (χ0n) is 28.7. The van der Waals surface area contributed by atoms with Crippen molar-refractivity contribution < 1.29 is 4.74 Å². The molecule has 0 spiro atoms. The summed E-state index contributed by atoms with van der Waals surface area (Å²) in [6.07, 6.45) is 10.7. The van der Waals surface area contributed by atoms with E-state index in [1.807, 2.05) is 84.9 Å². The summed E-state index contributed by atoms with van der Waals surface area (Å²) in [5.74, 6) is 3.40. The fourth-order valence-electron chi connectivity index (χ4n) is 7.78. The van der Waals surface area contributed by atoms with Gasteiger partial charge in [0.15, 0.2) is 17.5 Å². The Morgan fingerprint density at radius 3 is 1.98 bits per heavy atom. The van der Waals surface area contributed by atoms with E-state index in [4.69, 9.17) is 31.3 Å². The highest BCUT2D eigenvalue weighted by Crippen LogP contribution is 2.50. The molecule has 6 heteroatoms. The quantitative estimate of drug-likeness (QED) is 0.175. The lowest BCUT2D eigenvalue weighted by molar-refractivity contribution is 0.270. The second-order valence-corrected chi connectivity index (χ2v) is 13.5. The molecule has 53 heavy (non-hydrogen) atoms. The molecule has 5 aromatic carbocycles. The molecule has 3 heterocycles. The number of benzene rings is 5. The number of para-hydroxylation sites is 4. The van der Waals surface area contributed by atoms with E-state index in [-0.39, 0.29) is 17.9 Å². The van der Waals surface area contributed by atoms with E-state index in [1.54, 1.807) is 0 Å². The Hall–Kier alpha value is -6.92. The number of nitrogens with zero attached hydrogens (tertiary/aromatic N) is 5. The highest BCUT2D eigenvalue weighted by Gasteiger charge is 2.41. The van der Waals surface area contributed by atoms with E-state index in [9.17, 15) is 0 Å². The molecule has 3 aliphatic rings. The largest absolute Gasteiger partial charge is 0.485 e. The third kappa shape index (κ3) is 5.35. The van der Waals surface area contributed by atoms with Crippen LogP contribution in [0.3, 0.4) is 0 Å². The topological polar surface area (TPSA) is 65.7 Å². The maximum absolute atomic E-state index is 6.70. The third-order valence-electron chi connectivity index (χ3n) is 10.3. The Labute approximate surface area is 307 Å². The van der Waals surface area contributed by atoms with Crippen LogP contribution in [0.4, 0.5) is 0 Å². The number of hydrogen-bond donors (Lipinski definition) is 0. The molecule has 2 unspecified atom stereocenters. The van der Waals surface area contributed by atoms with Gasteiger partial charge in [-0.1, -0.05) is 134 Å². The monoisotopic (exact) mass is 683 g/mol. The van der Waals surface area contributed by atoms with Crippen molar-refractivity contribution >= 4 is 16.6 Å². The van der Waals surface area contributed by atoms with Crippen molar-refractivity contribution in [3.63, 3.8) is 0 Å². The molecule has 0 bridgehead atoms. The summed E-state index contributed by atoms with van der Waals surface area (Å²) in [6.45, 7) is 4.74. The standard InChI is InChI=1S/C47H33N5O/c1-30-35(23-15-24-36(30)47-48-39-25-12-13-26-40(39)52(47)34-20-9-4-10-21-34)33-28-38(43-37-22-11-14-27-41(37)53-42(43)29-33)46-50-44(31-16-5-2-6-17-31)49-45(51-46)32-18-7-3-8-19-32/h2-29,36,42-43H,1H2/t36?,42-,43?/m0/s1. The number of aromatic nitrogens is 5. The molecule has 6 nitrogen and oxygen atoms in total. The third-order valence-corrected chi connectivity index (χ3v) is 10.3. The van der Waals surface area contributed by atoms with Crippen LogP contribution in [0.5, 0.6) is 5.75 Å². The highest BCUT2D eigenvalue weighted by atomic mass is 16.5. The smallest absolute Gasteiger partial charge is 0.164 e. The van der Waals surface area contributed by atoms with Gasteiger partial charge in [-0.25, -0.2) is 19.9 Å². The van der Waals surface area contributed by atoms with E-state index in [0.717, 1.165) is 67.3 Å². The molecular formula is C47H33N5O. The van der Waals surface area contributed by atoms with E-state index >= 15 is 0 Å². The maximum Gasteiger partial charge on any atom is 0.164 e. The van der Waals surface area contributed by atoms with E-state index < -0.39 is 0 Å². The molecular weight excluding hydrogens is 651 g/mol. The van der Waals surface area contributed by atoms with Crippen molar-refractivity contribution in [3.8, 4) is 34.2 Å². The fourth-order valence-corrected chi connectivity index (χ4v) is 7.78. The average Bonchev–Trinajstić information content (AvgIpc) is 3.80. The van der Waals surface area contributed by atoms with Gasteiger partial charge in [-0.15, -0.1) is 0 Å². The van der Waals surface area contributed by atoms with E-state index in [0.29, 0.717) is 17.5 Å². The fraction of sp³-hybridized carbons (Fsp3) is 0.0638. The first-order valence-corrected chi connectivity index (χ1v) is 17.9. The highest BCUT2D eigenvalue weighted by molar-refractivity contribution is 5.81. The van der Waals surface area contributed by atoms with Crippen LogP contribution in [0.2, 0.25) is 0 Å². The predicted molar refractivity (Wildman–Crippen MR) is 211 cm³/mol. The number of allylic oxidation sites excluding steroid dienone is 7. The van der Waals surface area contributed by atoms with Crippen molar-refractivity contribution in [2.75, 3.05) is 0 Å². The molecule has 7 aromatic rings. The maximum atomic E-state index is 6.70. The lowest BCUT2D eigenvalue weighted by Crippen LogP contribution is -2.23. The van der Waals surface area contributed by atoms with Gasteiger partial charge in [0.05, 0.1) is 22.9 Å². The summed E-state index contributed by atoms with van der Waals surface area (Å²) in [4.78, 5) is 20.5. The second kappa shape index (κ2) is 12.7. The molecule has 0 amide bonds. The van der Waals surface area contributed by atoms with Crippen molar-refractivity contribution in [3.05, 3.63) is 210 Å². The van der Waals surface area contributed by atoms with Gasteiger partial charge < -0.3 is 4.74 Å². The number of ether oxygens (including phenoxy) is 1. The normalized spacial score (nSPS) is 18.8. The first-order chi connectivity index (χ1) is 26.2. The molecule has 2 aromatic heterocycles. The van der Waals surface area contributed by atoms with Gasteiger partial charge in [0.1, 0.15) is 17.7 Å². The molecule has 0 N–H and O–H groups in total. The van der Waals surface area contributed by atoms with Crippen molar-refractivity contribution in [1.82, 2.24) is 24.5 Å². The lowest BCUT2D eigenvalue weighted by Gasteiger charge is -2.29. The molecule has 0 saturated heterocycles. The van der Waals surface area contributed by atoms with E-state index in [1.165, 1.54) is 0 Å². The van der Waals surface area contributed by atoms with Crippen molar-refractivity contribution in [2.24, 2.45) is 0 Å². The van der Waals surface area contributed by atoms with Gasteiger partial charge in [-0.05, 0) is 59.2 Å². The Morgan fingerprint density at radius 1 is 0.623 bits per heavy atom. The van der Waals surface area contributed by atoms with Crippen LogP contribution in [0.25, 0.3) is 45.1 Å². The molecule has 3 atom stereocenters. The number of rotatable bonds is 6. The van der Waals surface area contributed by atoms with Crippen LogP contribution in [0, 0.1) is 0 Å². The molecule has 2 aliphatic carbocycles. The van der Waals surface area contributed by atoms with Gasteiger partial charge in [0, 0.05) is 28.0 Å². The van der Waals surface area contributed by atoms with Gasteiger partial charge in [-0.2, -0.15) is 0 Å². The van der Waals surface area contributed by atoms with Gasteiger partial charge in [-0.3, -0.25) is 4.57 Å². The SMILES string of the molecule is C=C1C(C2=C[C@@H]3Oc4ccccc4C3C(c3nc(-c4ccccc4)nc(-c4ccccc4)n3)=C2)=CC=CC1c1nc2ccccc2n1-c1ccccc1. The van der Waals surface area contributed by atoms with Crippen LogP contribution in [0.1, 0.15) is 29.0 Å². The van der Waals surface area contributed by atoms with Crippen LogP contribution in [0.15, 0.2) is 193 Å². The number of fused-ring (bicyclic) bond motifs is 4. The summed E-state index contributed by atoms with van der Waals surface area (Å²) in [7, 11) is 0. The minimum Gasteiger partial charge on any atom is -0.485 e.